The first-order chi connectivity index (χ1) is 9.20. The number of rotatable bonds is 3. The van der Waals surface area contributed by atoms with Crippen molar-refractivity contribution in [3.63, 3.8) is 0 Å². The lowest BCUT2D eigenvalue weighted by Gasteiger charge is -2.09. The minimum absolute atomic E-state index is 0.409. The number of halogens is 1. The van der Waals surface area contributed by atoms with Crippen molar-refractivity contribution < 1.29 is 0 Å². The molecule has 3 rings (SSSR count). The van der Waals surface area contributed by atoms with E-state index in [2.05, 4.69) is 27.6 Å². The molecule has 5 heteroatoms. The molecule has 1 aromatic carbocycles. The second kappa shape index (κ2) is 4.70. The monoisotopic (exact) mass is 274 g/mol. The van der Waals surface area contributed by atoms with E-state index in [0.717, 1.165) is 29.1 Å². The lowest BCUT2D eigenvalue weighted by atomic mass is 10.2. The molecule has 0 fully saturated rings. The summed E-state index contributed by atoms with van der Waals surface area (Å²) in [5.74, 6) is 1.30. The molecule has 0 aliphatic rings. The van der Waals surface area contributed by atoms with Crippen LogP contribution in [0.25, 0.3) is 11.0 Å². The summed E-state index contributed by atoms with van der Waals surface area (Å²) in [4.78, 5) is 4.60. The minimum atomic E-state index is 0.409. The lowest BCUT2D eigenvalue weighted by Crippen LogP contribution is -2.08. The van der Waals surface area contributed by atoms with Gasteiger partial charge in [-0.2, -0.15) is 5.10 Å². The molecule has 0 amide bonds. The third-order valence-electron chi connectivity index (χ3n) is 3.41. The van der Waals surface area contributed by atoms with E-state index in [1.807, 2.05) is 36.1 Å². The molecule has 2 aromatic heterocycles. The Morgan fingerprint density at radius 2 is 2.11 bits per heavy atom. The van der Waals surface area contributed by atoms with Crippen molar-refractivity contribution in [1.29, 1.82) is 0 Å². The highest BCUT2D eigenvalue weighted by atomic mass is 35.5. The molecule has 0 unspecified atom stereocenters. The van der Waals surface area contributed by atoms with Gasteiger partial charge in [0.05, 0.1) is 29.2 Å². The van der Waals surface area contributed by atoms with Crippen molar-refractivity contribution in [3.05, 3.63) is 47.5 Å². The van der Waals surface area contributed by atoms with Gasteiger partial charge in [-0.15, -0.1) is 11.6 Å². The summed E-state index contributed by atoms with van der Waals surface area (Å²) in [5.41, 5.74) is 4.50. The molecule has 3 aromatic rings. The van der Waals surface area contributed by atoms with E-state index in [1.54, 1.807) is 0 Å². The van der Waals surface area contributed by atoms with Crippen molar-refractivity contribution in [2.75, 3.05) is 0 Å². The second-order valence-electron chi connectivity index (χ2n) is 4.64. The highest BCUT2D eigenvalue weighted by Gasteiger charge is 2.13. The SMILES string of the molecule is Cc1cccc2nc(CCl)n(Cc3ccnn3C)c12. The average molecular weight is 275 g/mol. The van der Waals surface area contributed by atoms with Crippen LogP contribution in [0.15, 0.2) is 30.5 Å². The number of aromatic nitrogens is 4. The zero-order valence-corrected chi connectivity index (χ0v) is 11.7. The Morgan fingerprint density at radius 1 is 1.26 bits per heavy atom. The highest BCUT2D eigenvalue weighted by Crippen LogP contribution is 2.22. The van der Waals surface area contributed by atoms with E-state index >= 15 is 0 Å². The van der Waals surface area contributed by atoms with Crippen molar-refractivity contribution in [2.45, 2.75) is 19.3 Å². The number of para-hydroxylation sites is 1. The maximum absolute atomic E-state index is 6.03. The molecule has 0 saturated carbocycles. The standard InChI is InChI=1S/C14H15ClN4/c1-10-4-3-5-12-14(10)19(13(8-15)17-12)9-11-6-7-16-18(11)2/h3-7H,8-9H2,1-2H3. The van der Waals surface area contributed by atoms with Crippen LogP contribution in [-0.2, 0) is 19.5 Å². The molecule has 0 bridgehead atoms. The Kier molecular flexibility index (Phi) is 3.03. The molecular formula is C14H15ClN4. The van der Waals surface area contributed by atoms with Crippen LogP contribution >= 0.6 is 11.6 Å². The molecule has 19 heavy (non-hydrogen) atoms. The van der Waals surface area contributed by atoms with Crippen LogP contribution in [0, 0.1) is 6.92 Å². The van der Waals surface area contributed by atoms with E-state index in [-0.39, 0.29) is 0 Å². The second-order valence-corrected chi connectivity index (χ2v) is 4.90. The van der Waals surface area contributed by atoms with Crippen LogP contribution in [0.4, 0.5) is 0 Å². The number of hydrogen-bond donors (Lipinski definition) is 0. The van der Waals surface area contributed by atoms with Crippen LogP contribution < -0.4 is 0 Å². The van der Waals surface area contributed by atoms with Gasteiger partial charge in [-0.3, -0.25) is 4.68 Å². The zero-order chi connectivity index (χ0) is 13.4. The summed E-state index contributed by atoms with van der Waals surface area (Å²) in [6, 6.07) is 8.17. The van der Waals surface area contributed by atoms with E-state index in [9.17, 15) is 0 Å². The van der Waals surface area contributed by atoms with Crippen LogP contribution in [0.3, 0.4) is 0 Å². The van der Waals surface area contributed by atoms with Crippen molar-refractivity contribution in [3.8, 4) is 0 Å². The molecule has 0 radical (unpaired) electrons. The van der Waals surface area contributed by atoms with Gasteiger partial charge in [0.15, 0.2) is 0 Å². The first-order valence-corrected chi connectivity index (χ1v) is 6.71. The van der Waals surface area contributed by atoms with Crippen LogP contribution in [0.5, 0.6) is 0 Å². The number of fused-ring (bicyclic) bond motifs is 1. The smallest absolute Gasteiger partial charge is 0.125 e. The Bertz CT molecular complexity index is 726. The summed E-state index contributed by atoms with van der Waals surface area (Å²) < 4.78 is 4.05. The van der Waals surface area contributed by atoms with Gasteiger partial charge < -0.3 is 4.57 Å². The van der Waals surface area contributed by atoms with E-state index in [0.29, 0.717) is 5.88 Å². The van der Waals surface area contributed by atoms with Gasteiger partial charge in [-0.25, -0.2) is 4.98 Å². The zero-order valence-electron chi connectivity index (χ0n) is 11.0. The number of nitrogens with zero attached hydrogens (tertiary/aromatic N) is 4. The molecular weight excluding hydrogens is 260 g/mol. The minimum Gasteiger partial charge on any atom is -0.321 e. The molecule has 0 aliphatic carbocycles. The number of hydrogen-bond acceptors (Lipinski definition) is 2. The summed E-state index contributed by atoms with van der Waals surface area (Å²) in [6.07, 6.45) is 1.81. The Labute approximate surface area is 116 Å². The summed E-state index contributed by atoms with van der Waals surface area (Å²) in [7, 11) is 1.95. The molecule has 2 heterocycles. The number of alkyl halides is 1. The van der Waals surface area contributed by atoms with E-state index < -0.39 is 0 Å². The molecule has 0 N–H and O–H groups in total. The van der Waals surface area contributed by atoms with Crippen molar-refractivity contribution in [1.82, 2.24) is 19.3 Å². The van der Waals surface area contributed by atoms with Crippen LogP contribution in [0.1, 0.15) is 17.1 Å². The molecule has 98 valence electrons. The molecule has 0 atom stereocenters. The molecule has 4 nitrogen and oxygen atoms in total. The summed E-state index contributed by atoms with van der Waals surface area (Å²) in [5, 5.41) is 4.21. The first kappa shape index (κ1) is 12.2. The summed E-state index contributed by atoms with van der Waals surface area (Å²) >= 11 is 6.03. The number of aryl methyl sites for hydroxylation is 2. The fourth-order valence-corrected chi connectivity index (χ4v) is 2.61. The fourth-order valence-electron chi connectivity index (χ4n) is 2.40. The van der Waals surface area contributed by atoms with Gasteiger partial charge in [0.25, 0.3) is 0 Å². The third kappa shape index (κ3) is 2.02. The lowest BCUT2D eigenvalue weighted by molar-refractivity contribution is 0.663. The summed E-state index contributed by atoms with van der Waals surface area (Å²) in [6.45, 7) is 2.83. The number of imidazole rings is 1. The van der Waals surface area contributed by atoms with E-state index in [4.69, 9.17) is 11.6 Å². The topological polar surface area (TPSA) is 35.6 Å². The third-order valence-corrected chi connectivity index (χ3v) is 3.65. The van der Waals surface area contributed by atoms with Crippen molar-refractivity contribution in [2.24, 2.45) is 7.05 Å². The van der Waals surface area contributed by atoms with Gasteiger partial charge >= 0.3 is 0 Å². The number of benzene rings is 1. The van der Waals surface area contributed by atoms with E-state index in [1.165, 1.54) is 5.56 Å². The Balaban J connectivity index is 2.18. The van der Waals surface area contributed by atoms with Gasteiger partial charge in [-0.1, -0.05) is 12.1 Å². The Hall–Kier alpha value is -1.81. The first-order valence-electron chi connectivity index (χ1n) is 6.18. The van der Waals surface area contributed by atoms with Crippen molar-refractivity contribution >= 4 is 22.6 Å². The maximum atomic E-state index is 6.03. The quantitative estimate of drug-likeness (QED) is 0.689. The van der Waals surface area contributed by atoms with Gasteiger partial charge in [0.2, 0.25) is 0 Å². The largest absolute Gasteiger partial charge is 0.321 e. The molecule has 0 aliphatic heterocycles. The van der Waals surface area contributed by atoms with Gasteiger partial charge in [-0.05, 0) is 24.6 Å². The maximum Gasteiger partial charge on any atom is 0.125 e. The van der Waals surface area contributed by atoms with Crippen LogP contribution in [0.2, 0.25) is 0 Å². The molecule has 0 spiro atoms. The predicted octanol–water partition coefficient (Wildman–Crippen LogP) is 2.87. The normalized spacial score (nSPS) is 11.3. The van der Waals surface area contributed by atoms with Gasteiger partial charge in [0.1, 0.15) is 5.82 Å². The van der Waals surface area contributed by atoms with Crippen LogP contribution in [-0.4, -0.2) is 19.3 Å². The van der Waals surface area contributed by atoms with Gasteiger partial charge in [0, 0.05) is 13.2 Å². The predicted molar refractivity (Wildman–Crippen MR) is 76.3 cm³/mol. The Morgan fingerprint density at radius 3 is 2.79 bits per heavy atom. The molecule has 0 saturated heterocycles. The highest BCUT2D eigenvalue weighted by molar-refractivity contribution is 6.16. The fraction of sp³-hybridized carbons (Fsp3) is 0.286. The average Bonchev–Trinajstić information content (AvgIpc) is 2.96.